The predicted octanol–water partition coefficient (Wildman–Crippen LogP) is 1.82. The molecule has 1 aromatic heterocycles. The lowest BCUT2D eigenvalue weighted by Crippen LogP contribution is -2.29. The maximum Gasteiger partial charge on any atom is 0.204 e. The second kappa shape index (κ2) is 4.86. The van der Waals surface area contributed by atoms with Crippen molar-refractivity contribution in [3.05, 3.63) is 30.3 Å². The Morgan fingerprint density at radius 1 is 1.11 bits per heavy atom. The van der Waals surface area contributed by atoms with Crippen LogP contribution in [0, 0.1) is 0 Å². The van der Waals surface area contributed by atoms with Gasteiger partial charge >= 0.3 is 0 Å². The SMILES string of the molecule is OC1CCCCC1n1nnc(-c2ccccc2)n1. The van der Waals surface area contributed by atoms with Crippen LogP contribution in [0.5, 0.6) is 0 Å². The zero-order chi connectivity index (χ0) is 12.4. The van der Waals surface area contributed by atoms with Gasteiger partial charge in [0.2, 0.25) is 5.82 Å². The molecule has 0 aliphatic heterocycles. The van der Waals surface area contributed by atoms with E-state index in [1.807, 2.05) is 30.3 Å². The minimum atomic E-state index is -0.350. The molecule has 94 valence electrons. The van der Waals surface area contributed by atoms with E-state index in [1.54, 1.807) is 4.80 Å². The molecule has 1 N–H and O–H groups in total. The molecule has 0 spiro atoms. The third-order valence-corrected chi connectivity index (χ3v) is 3.45. The molecule has 5 nitrogen and oxygen atoms in total. The molecule has 5 heteroatoms. The summed E-state index contributed by atoms with van der Waals surface area (Å²) in [6.45, 7) is 0. The Morgan fingerprint density at radius 3 is 2.67 bits per heavy atom. The lowest BCUT2D eigenvalue weighted by Gasteiger charge is -2.25. The van der Waals surface area contributed by atoms with Crippen molar-refractivity contribution in [1.29, 1.82) is 0 Å². The molecule has 1 aromatic carbocycles. The fourth-order valence-electron chi connectivity index (χ4n) is 2.43. The molecule has 1 fully saturated rings. The first-order valence-electron chi connectivity index (χ1n) is 6.37. The fourth-order valence-corrected chi connectivity index (χ4v) is 2.43. The van der Waals surface area contributed by atoms with E-state index in [1.165, 1.54) is 0 Å². The first-order valence-corrected chi connectivity index (χ1v) is 6.37. The monoisotopic (exact) mass is 244 g/mol. The molecule has 3 rings (SSSR count). The molecule has 1 aliphatic rings. The lowest BCUT2D eigenvalue weighted by molar-refractivity contribution is 0.0614. The summed E-state index contributed by atoms with van der Waals surface area (Å²) in [7, 11) is 0. The van der Waals surface area contributed by atoms with Gasteiger partial charge in [0.1, 0.15) is 0 Å². The Hall–Kier alpha value is -1.75. The number of tetrazole rings is 1. The van der Waals surface area contributed by atoms with Crippen molar-refractivity contribution in [3.8, 4) is 11.4 Å². The van der Waals surface area contributed by atoms with Crippen LogP contribution >= 0.6 is 0 Å². The Bertz CT molecular complexity index is 511. The van der Waals surface area contributed by atoms with E-state index in [2.05, 4.69) is 15.4 Å². The van der Waals surface area contributed by atoms with Crippen LogP contribution in [-0.4, -0.2) is 31.4 Å². The number of aliphatic hydroxyl groups excluding tert-OH is 1. The van der Waals surface area contributed by atoms with Gasteiger partial charge in [-0.3, -0.25) is 0 Å². The number of nitrogens with zero attached hydrogens (tertiary/aromatic N) is 4. The van der Waals surface area contributed by atoms with Gasteiger partial charge in [0.25, 0.3) is 0 Å². The van der Waals surface area contributed by atoms with E-state index in [9.17, 15) is 5.11 Å². The molecule has 2 aromatic rings. The summed E-state index contributed by atoms with van der Waals surface area (Å²) in [4.78, 5) is 1.58. The van der Waals surface area contributed by atoms with Gasteiger partial charge in [-0.25, -0.2) is 0 Å². The molecule has 0 radical (unpaired) electrons. The zero-order valence-corrected chi connectivity index (χ0v) is 10.1. The maximum atomic E-state index is 9.97. The number of aliphatic hydroxyl groups is 1. The molecule has 0 amide bonds. The summed E-state index contributed by atoms with van der Waals surface area (Å²) in [5.74, 6) is 0.619. The molecule has 1 saturated carbocycles. The Morgan fingerprint density at radius 2 is 1.89 bits per heavy atom. The molecule has 1 aliphatic carbocycles. The molecule has 0 bridgehead atoms. The molecular formula is C13H16N4O. The van der Waals surface area contributed by atoms with Crippen molar-refractivity contribution >= 4 is 0 Å². The molecule has 2 unspecified atom stereocenters. The van der Waals surface area contributed by atoms with E-state index in [-0.39, 0.29) is 12.1 Å². The van der Waals surface area contributed by atoms with Crippen LogP contribution in [0.3, 0.4) is 0 Å². The van der Waals surface area contributed by atoms with E-state index in [0.29, 0.717) is 5.82 Å². The summed E-state index contributed by atoms with van der Waals surface area (Å²) < 4.78 is 0. The average Bonchev–Trinajstić information content (AvgIpc) is 2.90. The third-order valence-electron chi connectivity index (χ3n) is 3.45. The second-order valence-corrected chi connectivity index (χ2v) is 4.72. The van der Waals surface area contributed by atoms with Crippen molar-refractivity contribution in [2.45, 2.75) is 37.8 Å². The number of hydrogen-bond donors (Lipinski definition) is 1. The van der Waals surface area contributed by atoms with Gasteiger partial charge in [0.15, 0.2) is 0 Å². The largest absolute Gasteiger partial charge is 0.391 e. The Balaban J connectivity index is 1.85. The maximum absolute atomic E-state index is 9.97. The highest BCUT2D eigenvalue weighted by atomic mass is 16.3. The minimum absolute atomic E-state index is 0.0243. The van der Waals surface area contributed by atoms with Crippen LogP contribution < -0.4 is 0 Å². The highest BCUT2D eigenvalue weighted by molar-refractivity contribution is 5.52. The first-order chi connectivity index (χ1) is 8.84. The average molecular weight is 244 g/mol. The van der Waals surface area contributed by atoms with Gasteiger partial charge < -0.3 is 5.11 Å². The highest BCUT2D eigenvalue weighted by Gasteiger charge is 2.26. The van der Waals surface area contributed by atoms with Crippen molar-refractivity contribution in [2.75, 3.05) is 0 Å². The Kier molecular flexibility index (Phi) is 3.06. The molecule has 2 atom stereocenters. The molecule has 1 heterocycles. The van der Waals surface area contributed by atoms with Crippen LogP contribution in [0.1, 0.15) is 31.7 Å². The summed E-state index contributed by atoms with van der Waals surface area (Å²) in [5, 5.41) is 22.5. The van der Waals surface area contributed by atoms with E-state index in [4.69, 9.17) is 0 Å². The number of benzene rings is 1. The van der Waals surface area contributed by atoms with Gasteiger partial charge in [0.05, 0.1) is 12.1 Å². The minimum Gasteiger partial charge on any atom is -0.391 e. The number of aromatic nitrogens is 4. The quantitative estimate of drug-likeness (QED) is 0.875. The molecule has 0 saturated heterocycles. The van der Waals surface area contributed by atoms with E-state index in [0.717, 1.165) is 31.2 Å². The van der Waals surface area contributed by atoms with Gasteiger partial charge in [-0.05, 0) is 18.1 Å². The van der Waals surface area contributed by atoms with Crippen LogP contribution in [0.25, 0.3) is 11.4 Å². The van der Waals surface area contributed by atoms with Gasteiger partial charge in [-0.2, -0.15) is 4.80 Å². The third kappa shape index (κ3) is 2.13. The van der Waals surface area contributed by atoms with Crippen molar-refractivity contribution in [1.82, 2.24) is 20.2 Å². The van der Waals surface area contributed by atoms with E-state index >= 15 is 0 Å². The van der Waals surface area contributed by atoms with Gasteiger partial charge in [-0.1, -0.05) is 43.2 Å². The summed E-state index contributed by atoms with van der Waals surface area (Å²) in [6.07, 6.45) is 3.59. The van der Waals surface area contributed by atoms with Gasteiger partial charge in [-0.15, -0.1) is 10.2 Å². The summed E-state index contributed by atoms with van der Waals surface area (Å²) >= 11 is 0. The van der Waals surface area contributed by atoms with Crippen LogP contribution in [-0.2, 0) is 0 Å². The normalized spacial score (nSPS) is 24.1. The first kappa shape index (κ1) is 11.3. The van der Waals surface area contributed by atoms with Crippen molar-refractivity contribution in [2.24, 2.45) is 0 Å². The topological polar surface area (TPSA) is 63.8 Å². The second-order valence-electron chi connectivity index (χ2n) is 4.72. The van der Waals surface area contributed by atoms with Crippen LogP contribution in [0.4, 0.5) is 0 Å². The van der Waals surface area contributed by atoms with Crippen LogP contribution in [0.2, 0.25) is 0 Å². The highest BCUT2D eigenvalue weighted by Crippen LogP contribution is 2.27. The summed E-state index contributed by atoms with van der Waals surface area (Å²) in [5.41, 5.74) is 0.953. The van der Waals surface area contributed by atoms with E-state index < -0.39 is 0 Å². The predicted molar refractivity (Wildman–Crippen MR) is 66.8 cm³/mol. The summed E-state index contributed by atoms with van der Waals surface area (Å²) in [6, 6.07) is 9.75. The van der Waals surface area contributed by atoms with Crippen LogP contribution in [0.15, 0.2) is 30.3 Å². The number of hydrogen-bond acceptors (Lipinski definition) is 4. The molecular weight excluding hydrogens is 228 g/mol. The fraction of sp³-hybridized carbons (Fsp3) is 0.462. The standard InChI is InChI=1S/C13H16N4O/c18-12-9-5-4-8-11(12)17-15-13(14-16-17)10-6-2-1-3-7-10/h1-3,6-7,11-12,18H,4-5,8-9H2. The Labute approximate surface area is 105 Å². The van der Waals surface area contributed by atoms with Gasteiger partial charge in [0, 0.05) is 5.56 Å². The number of rotatable bonds is 2. The lowest BCUT2D eigenvalue weighted by atomic mass is 9.93. The van der Waals surface area contributed by atoms with Crippen molar-refractivity contribution in [3.63, 3.8) is 0 Å². The zero-order valence-electron chi connectivity index (χ0n) is 10.1. The van der Waals surface area contributed by atoms with Crippen molar-refractivity contribution < 1.29 is 5.11 Å². The smallest absolute Gasteiger partial charge is 0.204 e. The molecule has 18 heavy (non-hydrogen) atoms.